The molecule has 184 valence electrons. The van der Waals surface area contributed by atoms with E-state index in [4.69, 9.17) is 14.2 Å². The Morgan fingerprint density at radius 1 is 0.625 bits per heavy atom. The number of ether oxygens (including phenoxy) is 3. The van der Waals surface area contributed by atoms with Crippen LogP contribution in [0.2, 0.25) is 0 Å². The summed E-state index contributed by atoms with van der Waals surface area (Å²) >= 11 is 0. The van der Waals surface area contributed by atoms with Gasteiger partial charge < -0.3 is 14.2 Å². The zero-order chi connectivity index (χ0) is 23.3. The summed E-state index contributed by atoms with van der Waals surface area (Å²) in [5, 5.41) is 0. The molecule has 0 aliphatic carbocycles. The molecular formula is C28H48O4. The highest BCUT2D eigenvalue weighted by Gasteiger charge is 2.06. The van der Waals surface area contributed by atoms with Crippen molar-refractivity contribution >= 4 is 5.97 Å². The number of rotatable bonds is 21. The highest BCUT2D eigenvalue weighted by atomic mass is 16.5. The molecule has 0 fully saturated rings. The minimum Gasteiger partial charge on any atom is -0.497 e. The van der Waals surface area contributed by atoms with E-state index >= 15 is 0 Å². The van der Waals surface area contributed by atoms with Crippen molar-refractivity contribution < 1.29 is 19.0 Å². The number of hydrogen-bond acceptors (Lipinski definition) is 4. The molecule has 0 bridgehead atoms. The van der Waals surface area contributed by atoms with E-state index in [1.807, 2.05) is 18.2 Å². The van der Waals surface area contributed by atoms with Gasteiger partial charge in [0.1, 0.15) is 18.1 Å². The summed E-state index contributed by atoms with van der Waals surface area (Å²) in [6.45, 7) is 2.53. The second-order valence-electron chi connectivity index (χ2n) is 8.93. The van der Waals surface area contributed by atoms with Crippen LogP contribution in [0.3, 0.4) is 0 Å². The van der Waals surface area contributed by atoms with Crippen LogP contribution in [0.5, 0.6) is 11.5 Å². The van der Waals surface area contributed by atoms with E-state index < -0.39 is 0 Å². The van der Waals surface area contributed by atoms with Crippen LogP contribution in [0.15, 0.2) is 18.2 Å². The first-order valence-electron chi connectivity index (χ1n) is 13.1. The monoisotopic (exact) mass is 448 g/mol. The first-order valence-corrected chi connectivity index (χ1v) is 13.1. The molecule has 0 heterocycles. The molecule has 0 spiro atoms. The van der Waals surface area contributed by atoms with Crippen molar-refractivity contribution in [3.05, 3.63) is 23.8 Å². The lowest BCUT2D eigenvalue weighted by molar-refractivity contribution is -0.145. The first kappa shape index (κ1) is 28.3. The molecule has 0 radical (unpaired) electrons. The van der Waals surface area contributed by atoms with Crippen LogP contribution < -0.4 is 9.47 Å². The van der Waals surface area contributed by atoms with E-state index in [1.165, 1.54) is 89.9 Å². The Bertz CT molecular complexity index is 563. The summed E-state index contributed by atoms with van der Waals surface area (Å²) in [6.07, 6.45) is 21.8. The minimum atomic E-state index is -0.128. The zero-order valence-corrected chi connectivity index (χ0v) is 21.1. The van der Waals surface area contributed by atoms with E-state index in [1.54, 1.807) is 14.2 Å². The van der Waals surface area contributed by atoms with Crippen molar-refractivity contribution in [1.82, 2.24) is 0 Å². The smallest absolute Gasteiger partial charge is 0.306 e. The molecule has 0 unspecified atom stereocenters. The highest BCUT2D eigenvalue weighted by Crippen LogP contribution is 2.23. The van der Waals surface area contributed by atoms with E-state index in [9.17, 15) is 4.79 Å². The van der Waals surface area contributed by atoms with Crippen molar-refractivity contribution in [1.29, 1.82) is 0 Å². The summed E-state index contributed by atoms with van der Waals surface area (Å²) in [4.78, 5) is 12.0. The van der Waals surface area contributed by atoms with Gasteiger partial charge in [-0.25, -0.2) is 0 Å². The fourth-order valence-electron chi connectivity index (χ4n) is 4.00. The normalized spacial score (nSPS) is 10.8. The van der Waals surface area contributed by atoms with Crippen LogP contribution in [0, 0.1) is 0 Å². The van der Waals surface area contributed by atoms with Gasteiger partial charge >= 0.3 is 5.97 Å². The average Bonchev–Trinajstić information content (AvgIpc) is 2.82. The van der Waals surface area contributed by atoms with Gasteiger partial charge in [0.05, 0.1) is 14.2 Å². The molecule has 0 aromatic heterocycles. The van der Waals surface area contributed by atoms with Gasteiger partial charge in [-0.05, 0) is 24.1 Å². The van der Waals surface area contributed by atoms with E-state index in [0.29, 0.717) is 17.9 Å². The van der Waals surface area contributed by atoms with Gasteiger partial charge in [-0.2, -0.15) is 0 Å². The fourth-order valence-corrected chi connectivity index (χ4v) is 4.00. The van der Waals surface area contributed by atoms with Crippen molar-refractivity contribution in [2.75, 3.05) is 14.2 Å². The summed E-state index contributed by atoms with van der Waals surface area (Å²) in [7, 11) is 3.23. The van der Waals surface area contributed by atoms with E-state index in [2.05, 4.69) is 6.92 Å². The third-order valence-electron chi connectivity index (χ3n) is 6.05. The van der Waals surface area contributed by atoms with Gasteiger partial charge in [-0.3, -0.25) is 4.79 Å². The number of carbonyl (C=O) groups excluding carboxylic acids is 1. The number of benzene rings is 1. The number of esters is 1. The average molecular weight is 449 g/mol. The lowest BCUT2D eigenvalue weighted by atomic mass is 10.0. The van der Waals surface area contributed by atoms with Crippen LogP contribution >= 0.6 is 0 Å². The molecule has 4 nitrogen and oxygen atoms in total. The van der Waals surface area contributed by atoms with Gasteiger partial charge in [-0.1, -0.05) is 103 Å². The van der Waals surface area contributed by atoms with Crippen molar-refractivity contribution in [3.8, 4) is 11.5 Å². The molecule has 32 heavy (non-hydrogen) atoms. The second kappa shape index (κ2) is 19.9. The number of carbonyl (C=O) groups is 1. The predicted molar refractivity (Wildman–Crippen MR) is 134 cm³/mol. The standard InChI is InChI=1S/C28H48O4/c1-4-5-6-7-8-9-10-11-12-13-14-15-16-17-18-19-20-28(29)32-24-25-21-26(30-2)23-27(22-25)31-3/h21-23H,4-20,24H2,1-3H3. The molecule has 0 aliphatic heterocycles. The summed E-state index contributed by atoms with van der Waals surface area (Å²) in [5.41, 5.74) is 0.876. The van der Waals surface area contributed by atoms with Gasteiger partial charge in [-0.15, -0.1) is 0 Å². The molecule has 1 aromatic rings. The highest BCUT2D eigenvalue weighted by molar-refractivity contribution is 5.69. The van der Waals surface area contributed by atoms with Crippen LogP contribution in [0.1, 0.15) is 122 Å². The third-order valence-corrected chi connectivity index (χ3v) is 6.05. The number of unbranched alkanes of at least 4 members (excludes halogenated alkanes) is 15. The SMILES string of the molecule is CCCCCCCCCCCCCCCCCCC(=O)OCc1cc(OC)cc(OC)c1. The van der Waals surface area contributed by atoms with Crippen LogP contribution in [0.4, 0.5) is 0 Å². The lowest BCUT2D eigenvalue weighted by Gasteiger charge is -2.09. The molecule has 0 atom stereocenters. The fraction of sp³-hybridized carbons (Fsp3) is 0.750. The Morgan fingerprint density at radius 3 is 1.44 bits per heavy atom. The number of hydrogen-bond donors (Lipinski definition) is 0. The lowest BCUT2D eigenvalue weighted by Crippen LogP contribution is -2.04. The van der Waals surface area contributed by atoms with Gasteiger partial charge in [0.2, 0.25) is 0 Å². The van der Waals surface area contributed by atoms with Crippen LogP contribution in [-0.4, -0.2) is 20.2 Å². The minimum absolute atomic E-state index is 0.128. The van der Waals surface area contributed by atoms with E-state index in [0.717, 1.165) is 18.4 Å². The molecule has 1 rings (SSSR count). The van der Waals surface area contributed by atoms with Crippen molar-refractivity contribution in [2.45, 2.75) is 123 Å². The van der Waals surface area contributed by atoms with Crippen LogP contribution in [0.25, 0.3) is 0 Å². The quantitative estimate of drug-likeness (QED) is 0.140. The largest absolute Gasteiger partial charge is 0.497 e. The molecule has 0 saturated carbocycles. The molecule has 1 aromatic carbocycles. The maximum absolute atomic E-state index is 12.0. The Hall–Kier alpha value is -1.71. The number of methoxy groups -OCH3 is 2. The molecule has 0 N–H and O–H groups in total. The summed E-state index contributed by atoms with van der Waals surface area (Å²) < 4.78 is 15.9. The van der Waals surface area contributed by atoms with Crippen molar-refractivity contribution in [3.63, 3.8) is 0 Å². The zero-order valence-electron chi connectivity index (χ0n) is 21.1. The maximum Gasteiger partial charge on any atom is 0.306 e. The summed E-state index contributed by atoms with van der Waals surface area (Å²) in [6, 6.07) is 5.54. The molecule has 0 aliphatic rings. The van der Waals surface area contributed by atoms with Crippen LogP contribution in [-0.2, 0) is 16.1 Å². The summed E-state index contributed by atoms with van der Waals surface area (Å²) in [5.74, 6) is 1.28. The molecule has 0 saturated heterocycles. The second-order valence-corrected chi connectivity index (χ2v) is 8.93. The topological polar surface area (TPSA) is 44.8 Å². The molecule has 0 amide bonds. The molecular weight excluding hydrogens is 400 g/mol. The van der Waals surface area contributed by atoms with Gasteiger partial charge in [0, 0.05) is 12.5 Å². The van der Waals surface area contributed by atoms with Gasteiger partial charge in [0.15, 0.2) is 0 Å². The Morgan fingerprint density at radius 2 is 1.03 bits per heavy atom. The Balaban J connectivity index is 1.90. The Labute approximate surface area is 197 Å². The maximum atomic E-state index is 12.0. The van der Waals surface area contributed by atoms with Gasteiger partial charge in [0.25, 0.3) is 0 Å². The first-order chi connectivity index (χ1) is 15.7. The molecule has 4 heteroatoms. The third kappa shape index (κ3) is 15.2. The predicted octanol–water partition coefficient (Wildman–Crippen LogP) is 8.40. The van der Waals surface area contributed by atoms with E-state index in [-0.39, 0.29) is 12.6 Å². The Kier molecular flexibility index (Phi) is 17.6. The van der Waals surface area contributed by atoms with Crippen molar-refractivity contribution in [2.24, 2.45) is 0 Å².